The number of fused-ring (bicyclic) bond motifs is 5. The molecule has 0 bridgehead atoms. The van der Waals surface area contributed by atoms with Crippen molar-refractivity contribution in [1.82, 2.24) is 19.2 Å². The number of ether oxygens (including phenoxy) is 1. The van der Waals surface area contributed by atoms with Crippen molar-refractivity contribution in [1.29, 1.82) is 0 Å². The van der Waals surface area contributed by atoms with Gasteiger partial charge in [0.05, 0.1) is 19.3 Å². The van der Waals surface area contributed by atoms with Crippen LogP contribution < -0.4 is 14.4 Å². The third-order valence-corrected chi connectivity index (χ3v) is 9.91. The average molecular weight is 640 g/mol. The number of nitrogens with zero attached hydrogens (tertiary/aromatic N) is 4. The van der Waals surface area contributed by atoms with Crippen molar-refractivity contribution >= 4 is 45.9 Å². The summed E-state index contributed by atoms with van der Waals surface area (Å²) in [4.78, 5) is 35.8. The molecule has 0 radical (unpaired) electrons. The predicted octanol–water partition coefficient (Wildman–Crippen LogP) is 5.37. The quantitative estimate of drug-likeness (QED) is 0.273. The molecule has 4 heterocycles. The number of carbonyl (C=O) groups excluding carboxylic acids is 2. The second-order valence-corrected chi connectivity index (χ2v) is 12.9. The number of anilines is 1. The molecule has 2 aromatic heterocycles. The third-order valence-electron chi connectivity index (χ3n) is 9.55. The van der Waals surface area contributed by atoms with E-state index < -0.39 is 17.2 Å². The molecular formula is C35H37N5O5S. The molecule has 4 aromatic rings. The first-order valence-corrected chi connectivity index (χ1v) is 16.9. The summed E-state index contributed by atoms with van der Waals surface area (Å²) in [5, 5.41) is 1.04. The maximum Gasteiger partial charge on any atom is 0.264 e. The first-order chi connectivity index (χ1) is 22.4. The fourth-order valence-corrected chi connectivity index (χ4v) is 7.61. The molecule has 238 valence electrons. The van der Waals surface area contributed by atoms with Crippen molar-refractivity contribution in [2.75, 3.05) is 38.2 Å². The second-order valence-electron chi connectivity index (χ2n) is 12.2. The second kappa shape index (κ2) is 12.7. The fraction of sp³-hybridized carbons (Fsp3) is 0.343. The van der Waals surface area contributed by atoms with Crippen LogP contribution in [0.5, 0.6) is 5.75 Å². The van der Waals surface area contributed by atoms with E-state index in [4.69, 9.17) is 4.74 Å². The van der Waals surface area contributed by atoms with Gasteiger partial charge in [0, 0.05) is 60.0 Å². The Labute approximate surface area is 270 Å². The minimum absolute atomic E-state index is 0.0204. The van der Waals surface area contributed by atoms with E-state index in [1.54, 1.807) is 25.4 Å². The average Bonchev–Trinajstić information content (AvgIpc) is 3.30. The maximum absolute atomic E-state index is 14.3. The van der Waals surface area contributed by atoms with Gasteiger partial charge in [0.2, 0.25) is 0 Å². The summed E-state index contributed by atoms with van der Waals surface area (Å²) in [6.07, 6.45) is 9.46. The molecule has 46 heavy (non-hydrogen) atoms. The van der Waals surface area contributed by atoms with Crippen LogP contribution in [0.3, 0.4) is 0 Å². The molecule has 11 heteroatoms. The Kier molecular flexibility index (Phi) is 8.35. The van der Waals surface area contributed by atoms with Crippen LogP contribution in [0.15, 0.2) is 66.4 Å². The Morgan fingerprint density at radius 2 is 1.80 bits per heavy atom. The summed E-state index contributed by atoms with van der Waals surface area (Å²) in [7, 11) is 1.64. The molecule has 2 amide bonds. The van der Waals surface area contributed by atoms with E-state index >= 15 is 0 Å². The lowest BCUT2D eigenvalue weighted by molar-refractivity contribution is -0.127. The fourth-order valence-electron chi connectivity index (χ4n) is 7.33. The molecule has 3 aliphatic rings. The van der Waals surface area contributed by atoms with Crippen LogP contribution in [0.25, 0.3) is 28.2 Å². The van der Waals surface area contributed by atoms with Gasteiger partial charge in [-0.2, -0.15) is 0 Å². The summed E-state index contributed by atoms with van der Waals surface area (Å²) in [6, 6.07) is 17.4. The van der Waals surface area contributed by atoms with E-state index in [0.717, 1.165) is 59.2 Å². The zero-order valence-corrected chi connectivity index (χ0v) is 26.6. The number of hydrogen-bond donors (Lipinski definition) is 2. The van der Waals surface area contributed by atoms with Crippen molar-refractivity contribution in [3.8, 4) is 17.0 Å². The van der Waals surface area contributed by atoms with Gasteiger partial charge >= 0.3 is 0 Å². The highest BCUT2D eigenvalue weighted by molar-refractivity contribution is 7.77. The summed E-state index contributed by atoms with van der Waals surface area (Å²) < 4.78 is 30.6. The van der Waals surface area contributed by atoms with Crippen LogP contribution in [-0.4, -0.2) is 68.3 Å². The molecule has 1 aliphatic carbocycles. The van der Waals surface area contributed by atoms with Crippen molar-refractivity contribution < 1.29 is 23.1 Å². The van der Waals surface area contributed by atoms with Crippen molar-refractivity contribution in [2.24, 2.45) is 0 Å². The van der Waals surface area contributed by atoms with Gasteiger partial charge in [-0.25, -0.2) is 13.9 Å². The number of pyridine rings is 1. The van der Waals surface area contributed by atoms with E-state index in [1.165, 1.54) is 12.0 Å². The van der Waals surface area contributed by atoms with Crippen molar-refractivity contribution in [2.45, 2.75) is 44.6 Å². The van der Waals surface area contributed by atoms with E-state index in [9.17, 15) is 18.4 Å². The van der Waals surface area contributed by atoms with Gasteiger partial charge < -0.3 is 19.1 Å². The number of hydrogen-bond acceptors (Lipinski definition) is 6. The standard InChI is InChI=1S/C35H37N5O5S/c1-45-27-11-13-28-25(20-27)19-26(35(42)39-17-15-38(16-18-39)31-9-5-6-14-36-31)22-40-30-21-24(34(41)37-46(43)44)10-12-29(30)32(33(28)40)23-7-3-2-4-8-23/h5-6,9-14,19-21,23H,2-4,7-8,15-18,22H2,1H3,(H,37,41)(H,43,44). The Morgan fingerprint density at radius 1 is 1.00 bits per heavy atom. The monoisotopic (exact) mass is 639 g/mol. The molecule has 0 spiro atoms. The maximum atomic E-state index is 14.3. The molecule has 1 saturated heterocycles. The number of amides is 2. The van der Waals surface area contributed by atoms with E-state index in [2.05, 4.69) is 25.2 Å². The van der Waals surface area contributed by atoms with Gasteiger partial charge in [-0.05, 0) is 78.4 Å². The highest BCUT2D eigenvalue weighted by Crippen LogP contribution is 2.47. The molecule has 2 aromatic carbocycles. The number of piperazine rings is 1. The molecule has 2 fully saturated rings. The number of aromatic nitrogens is 2. The van der Waals surface area contributed by atoms with Crippen LogP contribution in [0.2, 0.25) is 0 Å². The minimum Gasteiger partial charge on any atom is -0.497 e. The number of benzene rings is 2. The third kappa shape index (κ3) is 5.69. The molecule has 10 nitrogen and oxygen atoms in total. The van der Waals surface area contributed by atoms with Crippen LogP contribution in [0.4, 0.5) is 5.82 Å². The Bertz CT molecular complexity index is 1860. The number of carbonyl (C=O) groups is 2. The van der Waals surface area contributed by atoms with E-state index in [1.807, 2.05) is 47.4 Å². The van der Waals surface area contributed by atoms with Crippen LogP contribution in [0, 0.1) is 0 Å². The first-order valence-electron chi connectivity index (χ1n) is 15.8. The highest BCUT2D eigenvalue weighted by atomic mass is 32.2. The zero-order chi connectivity index (χ0) is 31.8. The Balaban J connectivity index is 1.33. The first kappa shape index (κ1) is 30.2. The summed E-state index contributed by atoms with van der Waals surface area (Å²) in [5.41, 5.74) is 6.00. The summed E-state index contributed by atoms with van der Waals surface area (Å²) in [5.74, 6) is 1.31. The lowest BCUT2D eigenvalue weighted by Crippen LogP contribution is -2.49. The lowest BCUT2D eigenvalue weighted by atomic mass is 9.81. The number of nitrogens with one attached hydrogen (secondary N) is 1. The molecular weight excluding hydrogens is 602 g/mol. The Morgan fingerprint density at radius 3 is 2.52 bits per heavy atom. The van der Waals surface area contributed by atoms with Gasteiger partial charge in [-0.3, -0.25) is 14.1 Å². The summed E-state index contributed by atoms with van der Waals surface area (Å²) >= 11 is -2.48. The number of methoxy groups -OCH3 is 1. The largest absolute Gasteiger partial charge is 0.497 e. The van der Waals surface area contributed by atoms with Gasteiger partial charge in [0.15, 0.2) is 0 Å². The molecule has 7 rings (SSSR count). The Hall–Kier alpha value is -4.48. The van der Waals surface area contributed by atoms with Gasteiger partial charge in [-0.1, -0.05) is 31.4 Å². The van der Waals surface area contributed by atoms with Crippen LogP contribution >= 0.6 is 0 Å². The smallest absolute Gasteiger partial charge is 0.264 e. The topological polar surface area (TPSA) is 117 Å². The van der Waals surface area contributed by atoms with Gasteiger partial charge in [-0.15, -0.1) is 0 Å². The van der Waals surface area contributed by atoms with Gasteiger partial charge in [0.25, 0.3) is 23.1 Å². The van der Waals surface area contributed by atoms with Crippen molar-refractivity contribution in [3.63, 3.8) is 0 Å². The predicted molar refractivity (Wildman–Crippen MR) is 179 cm³/mol. The molecule has 2 N–H and O–H groups in total. The molecule has 1 atom stereocenters. The minimum atomic E-state index is -2.48. The highest BCUT2D eigenvalue weighted by Gasteiger charge is 2.32. The lowest BCUT2D eigenvalue weighted by Gasteiger charge is -2.35. The van der Waals surface area contributed by atoms with Gasteiger partial charge in [0.1, 0.15) is 11.6 Å². The number of rotatable bonds is 6. The van der Waals surface area contributed by atoms with Crippen LogP contribution in [-0.2, 0) is 22.6 Å². The molecule has 1 unspecified atom stereocenters. The summed E-state index contributed by atoms with van der Waals surface area (Å²) in [6.45, 7) is 2.86. The zero-order valence-electron chi connectivity index (χ0n) is 25.8. The molecule has 1 saturated carbocycles. The molecule has 2 aliphatic heterocycles. The normalized spacial score (nSPS) is 17.5. The van der Waals surface area contributed by atoms with Crippen molar-refractivity contribution in [3.05, 3.63) is 83.1 Å². The van der Waals surface area contributed by atoms with E-state index in [-0.39, 0.29) is 11.5 Å². The SMILES string of the molecule is COc1ccc2c(c1)C=C(C(=O)N1CCN(c3ccccn3)CC1)Cn1c-2c(C2CCCCC2)c2ccc(C(=O)NS(=O)O)cc21. The van der Waals surface area contributed by atoms with Crippen LogP contribution in [0.1, 0.15) is 59.5 Å². The van der Waals surface area contributed by atoms with E-state index in [0.29, 0.717) is 50.0 Å².